The first-order valence-corrected chi connectivity index (χ1v) is 7.81. The Bertz CT molecular complexity index is 1050. The van der Waals surface area contributed by atoms with Gasteiger partial charge in [-0.2, -0.15) is 4.52 Å². The number of nitrogens with zero attached hydrogens (tertiary/aromatic N) is 6. The van der Waals surface area contributed by atoms with Crippen molar-refractivity contribution in [1.82, 2.24) is 30.0 Å². The van der Waals surface area contributed by atoms with E-state index in [1.165, 1.54) is 4.52 Å². The van der Waals surface area contributed by atoms with Gasteiger partial charge in [0.15, 0.2) is 5.82 Å². The molecule has 0 saturated heterocycles. The van der Waals surface area contributed by atoms with E-state index in [-0.39, 0.29) is 0 Å². The van der Waals surface area contributed by atoms with Gasteiger partial charge in [-0.1, -0.05) is 6.07 Å². The molecule has 0 bridgehead atoms. The highest BCUT2D eigenvalue weighted by Gasteiger charge is 2.07. The van der Waals surface area contributed by atoms with Gasteiger partial charge in [-0.05, 0) is 35.0 Å². The van der Waals surface area contributed by atoms with Gasteiger partial charge in [0.1, 0.15) is 11.5 Å². The van der Waals surface area contributed by atoms with E-state index in [1.807, 2.05) is 31.2 Å². The minimum Gasteiger partial charge on any atom is -0.496 e. The number of rotatable bonds is 5. The number of ether oxygens (including phenoxy) is 2. The smallest absolute Gasteiger partial charge is 0.222 e. The van der Waals surface area contributed by atoms with E-state index in [0.717, 1.165) is 17.0 Å². The second-order valence-electron chi connectivity index (χ2n) is 5.47. The number of methoxy groups -OCH3 is 1. The van der Waals surface area contributed by atoms with Crippen LogP contribution in [0.4, 0.5) is 11.5 Å². The number of anilines is 2. The summed E-state index contributed by atoms with van der Waals surface area (Å²) in [4.78, 5) is 8.55. The number of aryl methyl sites for hydroxylation is 1. The third kappa shape index (κ3) is 3.09. The topological polar surface area (TPSA) is 99.4 Å². The van der Waals surface area contributed by atoms with Crippen molar-refractivity contribution in [2.24, 2.45) is 0 Å². The minimum atomic E-state index is 0.469. The molecule has 0 fully saturated rings. The molecule has 0 saturated carbocycles. The summed E-state index contributed by atoms with van der Waals surface area (Å²) in [5.74, 6) is 2.43. The Balaban J connectivity index is 1.51. The molecule has 0 radical (unpaired) electrons. The summed E-state index contributed by atoms with van der Waals surface area (Å²) in [6, 6.07) is 9.23. The highest BCUT2D eigenvalue weighted by atomic mass is 16.5. The van der Waals surface area contributed by atoms with Crippen LogP contribution in [-0.4, -0.2) is 37.1 Å². The predicted molar refractivity (Wildman–Crippen MR) is 93.9 cm³/mol. The van der Waals surface area contributed by atoms with E-state index >= 15 is 0 Å². The monoisotopic (exact) mass is 349 g/mol. The zero-order valence-electron chi connectivity index (χ0n) is 14.1. The predicted octanol–water partition coefficient (Wildman–Crippen LogP) is 2.77. The third-order valence-electron chi connectivity index (χ3n) is 3.72. The summed E-state index contributed by atoms with van der Waals surface area (Å²) in [6.07, 6.45) is 4.93. The Labute approximate surface area is 148 Å². The Kier molecular flexibility index (Phi) is 4.02. The van der Waals surface area contributed by atoms with Crippen molar-refractivity contribution in [2.45, 2.75) is 6.92 Å². The van der Waals surface area contributed by atoms with E-state index in [9.17, 15) is 0 Å². The molecule has 0 atom stereocenters. The fourth-order valence-corrected chi connectivity index (χ4v) is 2.40. The summed E-state index contributed by atoms with van der Waals surface area (Å²) in [5.41, 5.74) is 2.30. The lowest BCUT2D eigenvalue weighted by Gasteiger charge is -2.09. The van der Waals surface area contributed by atoms with Crippen molar-refractivity contribution in [3.8, 4) is 17.4 Å². The van der Waals surface area contributed by atoms with Crippen molar-refractivity contribution in [3.05, 3.63) is 54.5 Å². The second-order valence-corrected chi connectivity index (χ2v) is 5.47. The van der Waals surface area contributed by atoms with Gasteiger partial charge in [-0.15, -0.1) is 5.10 Å². The van der Waals surface area contributed by atoms with Crippen molar-refractivity contribution in [2.75, 3.05) is 12.4 Å². The summed E-state index contributed by atoms with van der Waals surface area (Å²) < 4.78 is 12.6. The number of benzene rings is 1. The van der Waals surface area contributed by atoms with Gasteiger partial charge in [0, 0.05) is 18.3 Å². The molecular formula is C17H15N7O2. The lowest BCUT2D eigenvalue weighted by molar-refractivity contribution is 0.404. The number of hydrogen-bond donors (Lipinski definition) is 1. The number of aromatic nitrogens is 6. The molecule has 9 nitrogen and oxygen atoms in total. The Hall–Kier alpha value is -3.75. The summed E-state index contributed by atoms with van der Waals surface area (Å²) >= 11 is 0. The van der Waals surface area contributed by atoms with Crippen LogP contribution >= 0.6 is 0 Å². The van der Waals surface area contributed by atoms with Crippen LogP contribution in [0.5, 0.6) is 17.4 Å². The van der Waals surface area contributed by atoms with E-state index < -0.39 is 0 Å². The van der Waals surface area contributed by atoms with Crippen molar-refractivity contribution >= 4 is 17.2 Å². The first kappa shape index (κ1) is 15.8. The van der Waals surface area contributed by atoms with Crippen LogP contribution < -0.4 is 14.8 Å². The summed E-state index contributed by atoms with van der Waals surface area (Å²) in [7, 11) is 1.63. The molecule has 26 heavy (non-hydrogen) atoms. The molecule has 0 aliphatic heterocycles. The molecule has 0 unspecified atom stereocenters. The molecule has 1 N–H and O–H groups in total. The molecular weight excluding hydrogens is 334 g/mol. The van der Waals surface area contributed by atoms with Gasteiger partial charge in [0.05, 0.1) is 25.2 Å². The highest BCUT2D eigenvalue weighted by molar-refractivity contribution is 5.68. The molecule has 0 amide bonds. The molecule has 3 heterocycles. The third-order valence-corrected chi connectivity index (χ3v) is 3.72. The van der Waals surface area contributed by atoms with Crippen LogP contribution in [0.1, 0.15) is 5.56 Å². The van der Waals surface area contributed by atoms with Crippen LogP contribution in [0.2, 0.25) is 0 Å². The minimum absolute atomic E-state index is 0.469. The SMILES string of the molecule is COc1cc(Oc2ccc(Nc3nccn4nnnc34)cn2)ccc1C. The van der Waals surface area contributed by atoms with Crippen molar-refractivity contribution in [3.63, 3.8) is 0 Å². The molecule has 0 aliphatic rings. The lowest BCUT2D eigenvalue weighted by Crippen LogP contribution is -1.99. The molecule has 3 aromatic heterocycles. The maximum atomic E-state index is 5.77. The van der Waals surface area contributed by atoms with Crippen LogP contribution in [-0.2, 0) is 0 Å². The van der Waals surface area contributed by atoms with Gasteiger partial charge in [-0.3, -0.25) is 0 Å². The molecule has 9 heteroatoms. The van der Waals surface area contributed by atoms with Crippen LogP contribution in [0.15, 0.2) is 48.9 Å². The average molecular weight is 349 g/mol. The summed E-state index contributed by atoms with van der Waals surface area (Å²) in [6.45, 7) is 1.97. The number of hydrogen-bond acceptors (Lipinski definition) is 8. The van der Waals surface area contributed by atoms with Crippen LogP contribution in [0.3, 0.4) is 0 Å². The van der Waals surface area contributed by atoms with Crippen LogP contribution in [0, 0.1) is 6.92 Å². The number of tetrazole rings is 1. The fraction of sp³-hybridized carbons (Fsp3) is 0.118. The molecule has 4 aromatic rings. The molecule has 130 valence electrons. The number of fused-ring (bicyclic) bond motifs is 1. The second kappa shape index (κ2) is 6.63. The number of nitrogens with one attached hydrogen (secondary N) is 1. The molecule has 4 rings (SSSR count). The Morgan fingerprint density at radius 1 is 1.12 bits per heavy atom. The van der Waals surface area contributed by atoms with Gasteiger partial charge in [0.25, 0.3) is 0 Å². The molecule has 0 aliphatic carbocycles. The van der Waals surface area contributed by atoms with Gasteiger partial charge < -0.3 is 14.8 Å². The summed E-state index contributed by atoms with van der Waals surface area (Å²) in [5, 5.41) is 14.5. The quantitative estimate of drug-likeness (QED) is 0.587. The standard InChI is InChI=1S/C17H15N7O2/c1-11-3-5-13(9-14(11)25-2)26-15-6-4-12(10-19-15)20-16-17-21-22-23-24(17)8-7-18-16/h3-10H,1-2H3,(H,18,20). The first-order chi connectivity index (χ1) is 12.7. The van der Waals surface area contributed by atoms with E-state index in [2.05, 4.69) is 30.8 Å². The van der Waals surface area contributed by atoms with Gasteiger partial charge in [0.2, 0.25) is 11.5 Å². The fourth-order valence-electron chi connectivity index (χ4n) is 2.40. The van der Waals surface area contributed by atoms with Gasteiger partial charge >= 0.3 is 0 Å². The largest absolute Gasteiger partial charge is 0.496 e. The Morgan fingerprint density at radius 3 is 2.85 bits per heavy atom. The first-order valence-electron chi connectivity index (χ1n) is 7.81. The van der Waals surface area contributed by atoms with E-state index in [1.54, 1.807) is 31.8 Å². The van der Waals surface area contributed by atoms with Crippen molar-refractivity contribution < 1.29 is 9.47 Å². The van der Waals surface area contributed by atoms with Gasteiger partial charge in [-0.25, -0.2) is 9.97 Å². The zero-order chi connectivity index (χ0) is 17.9. The molecule has 0 spiro atoms. The normalized spacial score (nSPS) is 10.7. The maximum Gasteiger partial charge on any atom is 0.222 e. The number of pyridine rings is 1. The van der Waals surface area contributed by atoms with Crippen LogP contribution in [0.25, 0.3) is 5.65 Å². The Morgan fingerprint density at radius 2 is 2.04 bits per heavy atom. The molecule has 1 aromatic carbocycles. The zero-order valence-corrected chi connectivity index (χ0v) is 14.1. The van der Waals surface area contributed by atoms with E-state index in [0.29, 0.717) is 23.1 Å². The van der Waals surface area contributed by atoms with Crippen molar-refractivity contribution in [1.29, 1.82) is 0 Å². The lowest BCUT2D eigenvalue weighted by atomic mass is 10.2. The highest BCUT2D eigenvalue weighted by Crippen LogP contribution is 2.27. The van der Waals surface area contributed by atoms with E-state index in [4.69, 9.17) is 9.47 Å². The average Bonchev–Trinajstić information content (AvgIpc) is 3.15. The maximum absolute atomic E-state index is 5.77.